The van der Waals surface area contributed by atoms with Gasteiger partial charge in [-0.3, -0.25) is 14.5 Å². The lowest BCUT2D eigenvalue weighted by Gasteiger charge is -2.23. The number of amides is 2. The molecule has 1 aliphatic heterocycles. The van der Waals surface area contributed by atoms with Crippen molar-refractivity contribution in [2.45, 2.75) is 31.1 Å². The van der Waals surface area contributed by atoms with Gasteiger partial charge in [0, 0.05) is 22.0 Å². The zero-order valence-electron chi connectivity index (χ0n) is 19.9. The predicted molar refractivity (Wildman–Crippen MR) is 146 cm³/mol. The first-order valence-electron chi connectivity index (χ1n) is 12.1. The minimum Gasteiger partial charge on any atom is -0.352 e. The molecule has 6 rings (SSSR count). The number of aryl methyl sites for hydroxylation is 1. The molecular formula is C28H26N4O2S2. The Morgan fingerprint density at radius 1 is 1.08 bits per heavy atom. The van der Waals surface area contributed by atoms with Crippen molar-refractivity contribution in [3.05, 3.63) is 88.1 Å². The van der Waals surface area contributed by atoms with Gasteiger partial charge in [0.2, 0.25) is 11.8 Å². The molecule has 6 nitrogen and oxygen atoms in total. The van der Waals surface area contributed by atoms with Crippen LogP contribution in [0.15, 0.2) is 72.1 Å². The van der Waals surface area contributed by atoms with E-state index in [2.05, 4.69) is 35.0 Å². The monoisotopic (exact) mass is 514 g/mol. The molecule has 2 amide bonds. The summed E-state index contributed by atoms with van der Waals surface area (Å²) >= 11 is 3.28. The van der Waals surface area contributed by atoms with Gasteiger partial charge in [0.05, 0.1) is 22.4 Å². The molecule has 0 spiro atoms. The van der Waals surface area contributed by atoms with Gasteiger partial charge in [-0.15, -0.1) is 23.1 Å². The van der Waals surface area contributed by atoms with Gasteiger partial charge in [-0.25, -0.2) is 4.68 Å². The maximum atomic E-state index is 13.6. The lowest BCUT2D eigenvalue weighted by molar-refractivity contribution is -0.123. The summed E-state index contributed by atoms with van der Waals surface area (Å²) in [7, 11) is 0. The highest BCUT2D eigenvalue weighted by atomic mass is 32.2. The van der Waals surface area contributed by atoms with Crippen molar-refractivity contribution in [2.24, 2.45) is 0 Å². The molecule has 2 aromatic carbocycles. The summed E-state index contributed by atoms with van der Waals surface area (Å²) in [6.07, 6.45) is 2.00. The normalized spacial score (nSPS) is 17.5. The largest absolute Gasteiger partial charge is 0.352 e. The molecule has 8 heteroatoms. The van der Waals surface area contributed by atoms with Crippen LogP contribution >= 0.6 is 23.1 Å². The lowest BCUT2D eigenvalue weighted by Crippen LogP contribution is -2.43. The Morgan fingerprint density at radius 3 is 2.64 bits per heavy atom. The van der Waals surface area contributed by atoms with Gasteiger partial charge < -0.3 is 5.32 Å². The quantitative estimate of drug-likeness (QED) is 0.376. The lowest BCUT2D eigenvalue weighted by atomic mass is 10.0. The Kier molecular flexibility index (Phi) is 6.15. The molecule has 2 aliphatic rings. The van der Waals surface area contributed by atoms with Gasteiger partial charge in [0.15, 0.2) is 0 Å². The van der Waals surface area contributed by atoms with Gasteiger partial charge >= 0.3 is 0 Å². The van der Waals surface area contributed by atoms with Gasteiger partial charge in [-0.05, 0) is 48.9 Å². The van der Waals surface area contributed by atoms with Crippen molar-refractivity contribution in [3.8, 4) is 16.9 Å². The molecule has 0 saturated heterocycles. The third-order valence-corrected chi connectivity index (χ3v) is 8.75. The standard InChI is InChI=1S/C28H26N4O2S2/c1-18-7-5-10-21(15-18)32-28-25(26(30-32)19-8-3-2-4-9-19)27(22-11-6-14-35-22)36-17-24(34)31(28)16-23(33)29-20-12-13-20/h2-11,14-15,20,27H,12-13,16-17H2,1H3,(H,29,33)/t27-/m0/s1. The summed E-state index contributed by atoms with van der Waals surface area (Å²) in [6, 6.07) is 22.6. The Balaban J connectivity index is 1.60. The summed E-state index contributed by atoms with van der Waals surface area (Å²) < 4.78 is 1.86. The van der Waals surface area contributed by atoms with E-state index in [4.69, 9.17) is 5.10 Å². The first-order chi connectivity index (χ1) is 17.6. The number of hydrogen-bond donors (Lipinski definition) is 1. The highest BCUT2D eigenvalue weighted by molar-refractivity contribution is 8.00. The SMILES string of the molecule is Cc1cccc(-n2nc(-c3ccccc3)c3c2N(CC(=O)NC2CC2)C(=O)CS[C@H]3c2cccs2)c1. The van der Waals surface area contributed by atoms with Crippen LogP contribution in [0.4, 0.5) is 5.82 Å². The maximum absolute atomic E-state index is 13.6. The number of aromatic nitrogens is 2. The number of fused-ring (bicyclic) bond motifs is 1. The molecule has 0 radical (unpaired) electrons. The third kappa shape index (κ3) is 4.47. The second kappa shape index (κ2) is 9.59. The first kappa shape index (κ1) is 23.1. The van der Waals surface area contributed by atoms with Gasteiger partial charge in [0.1, 0.15) is 12.4 Å². The van der Waals surface area contributed by atoms with Crippen LogP contribution < -0.4 is 10.2 Å². The van der Waals surface area contributed by atoms with Crippen molar-refractivity contribution >= 4 is 40.7 Å². The number of benzene rings is 2. The predicted octanol–water partition coefficient (Wildman–Crippen LogP) is 5.36. The average molecular weight is 515 g/mol. The number of carbonyl (C=O) groups excluding carboxylic acids is 2. The molecule has 1 atom stereocenters. The zero-order valence-corrected chi connectivity index (χ0v) is 21.5. The second-order valence-corrected chi connectivity index (χ2v) is 11.3. The minimum atomic E-state index is -0.130. The topological polar surface area (TPSA) is 67.2 Å². The number of rotatable bonds is 6. The van der Waals surface area contributed by atoms with Crippen molar-refractivity contribution in [1.29, 1.82) is 0 Å². The highest BCUT2D eigenvalue weighted by Gasteiger charge is 2.38. The van der Waals surface area contributed by atoms with E-state index in [9.17, 15) is 9.59 Å². The summed E-state index contributed by atoms with van der Waals surface area (Å²) in [5.74, 6) is 0.754. The van der Waals surface area contributed by atoms with Crippen molar-refractivity contribution in [1.82, 2.24) is 15.1 Å². The van der Waals surface area contributed by atoms with E-state index < -0.39 is 0 Å². The first-order valence-corrected chi connectivity index (χ1v) is 14.0. The number of thioether (sulfide) groups is 1. The van der Waals surface area contributed by atoms with E-state index in [1.165, 1.54) is 4.88 Å². The molecular weight excluding hydrogens is 488 g/mol. The van der Waals surface area contributed by atoms with E-state index in [0.29, 0.717) is 5.82 Å². The number of nitrogens with zero attached hydrogens (tertiary/aromatic N) is 3. The maximum Gasteiger partial charge on any atom is 0.240 e. The van der Waals surface area contributed by atoms with Gasteiger partial charge in [-0.2, -0.15) is 5.10 Å². The fourth-order valence-electron chi connectivity index (χ4n) is 4.58. The number of anilines is 1. The molecule has 3 heterocycles. The highest BCUT2D eigenvalue weighted by Crippen LogP contribution is 2.49. The number of thiophene rings is 1. The minimum absolute atomic E-state index is 0.0220. The molecule has 1 saturated carbocycles. The third-order valence-electron chi connectivity index (χ3n) is 6.43. The van der Waals surface area contributed by atoms with Gasteiger partial charge in [-0.1, -0.05) is 48.5 Å². The molecule has 2 aromatic heterocycles. The van der Waals surface area contributed by atoms with Crippen LogP contribution in [-0.4, -0.2) is 39.9 Å². The van der Waals surface area contributed by atoms with Crippen LogP contribution in [0.3, 0.4) is 0 Å². The number of carbonyl (C=O) groups is 2. The Morgan fingerprint density at radius 2 is 1.92 bits per heavy atom. The molecule has 36 heavy (non-hydrogen) atoms. The Hall–Kier alpha value is -3.36. The zero-order chi connectivity index (χ0) is 24.6. The Labute approximate surface area is 218 Å². The summed E-state index contributed by atoms with van der Waals surface area (Å²) in [5, 5.41) is 10.2. The number of hydrogen-bond acceptors (Lipinski definition) is 5. The Bertz CT molecular complexity index is 1410. The van der Waals surface area contributed by atoms with E-state index in [-0.39, 0.29) is 35.4 Å². The van der Waals surface area contributed by atoms with Crippen molar-refractivity contribution < 1.29 is 9.59 Å². The summed E-state index contributed by atoms with van der Waals surface area (Å²) in [4.78, 5) is 29.4. The van der Waals surface area contributed by atoms with Crippen LogP contribution in [0.25, 0.3) is 16.9 Å². The van der Waals surface area contributed by atoms with Crippen LogP contribution in [0.1, 0.15) is 34.1 Å². The molecule has 1 N–H and O–H groups in total. The second-order valence-electron chi connectivity index (χ2n) is 9.23. The summed E-state index contributed by atoms with van der Waals surface area (Å²) in [6.45, 7) is 2.02. The smallest absolute Gasteiger partial charge is 0.240 e. The molecule has 0 unspecified atom stereocenters. The van der Waals surface area contributed by atoms with E-state index in [1.807, 2.05) is 54.1 Å². The van der Waals surface area contributed by atoms with Crippen molar-refractivity contribution in [2.75, 3.05) is 17.2 Å². The van der Waals surface area contributed by atoms with Crippen LogP contribution in [0, 0.1) is 6.92 Å². The average Bonchev–Trinajstić information content (AvgIpc) is 3.40. The molecule has 1 fully saturated rings. The summed E-state index contributed by atoms with van der Waals surface area (Å²) in [5.41, 5.74) is 4.76. The van der Waals surface area contributed by atoms with Crippen LogP contribution in [0.2, 0.25) is 0 Å². The van der Waals surface area contributed by atoms with Gasteiger partial charge in [0.25, 0.3) is 0 Å². The molecule has 1 aliphatic carbocycles. The molecule has 182 valence electrons. The number of nitrogens with one attached hydrogen (secondary N) is 1. The van der Waals surface area contributed by atoms with E-state index in [1.54, 1.807) is 28.0 Å². The fourth-order valence-corrected chi connectivity index (χ4v) is 6.75. The van der Waals surface area contributed by atoms with E-state index >= 15 is 0 Å². The van der Waals surface area contributed by atoms with Crippen LogP contribution in [0.5, 0.6) is 0 Å². The molecule has 0 bridgehead atoms. The fraction of sp³-hybridized carbons (Fsp3) is 0.250. The van der Waals surface area contributed by atoms with E-state index in [0.717, 1.165) is 40.9 Å². The van der Waals surface area contributed by atoms with Crippen molar-refractivity contribution in [3.63, 3.8) is 0 Å². The molecule has 4 aromatic rings. The van der Waals surface area contributed by atoms with Crippen LogP contribution in [-0.2, 0) is 9.59 Å².